The third-order valence-corrected chi connectivity index (χ3v) is 3.71. The predicted molar refractivity (Wildman–Crippen MR) is 70.5 cm³/mol. The molecule has 2 aromatic rings. The highest BCUT2D eigenvalue weighted by Gasteiger charge is 2.36. The first-order chi connectivity index (χ1) is 9.50. The number of aliphatic hydroxyl groups excluding tert-OH is 1. The summed E-state index contributed by atoms with van der Waals surface area (Å²) in [5.41, 5.74) is 0.725. The minimum atomic E-state index is -0.784. The van der Waals surface area contributed by atoms with E-state index in [-0.39, 0.29) is 46.5 Å². The van der Waals surface area contributed by atoms with Crippen molar-refractivity contribution in [3.63, 3.8) is 0 Å². The highest BCUT2D eigenvalue weighted by atomic mass is 16.3. The SMILES string of the molecule is C[C@@H]1CC(=O)c2c(coc2-c2c(O)cccc2O)[C@@H]1O. The molecule has 0 fully saturated rings. The predicted octanol–water partition coefficient (Wildman–Crippen LogP) is 2.61. The van der Waals surface area contributed by atoms with Crippen LogP contribution in [0.3, 0.4) is 0 Å². The van der Waals surface area contributed by atoms with E-state index in [1.165, 1.54) is 24.5 Å². The number of carbonyl (C=O) groups excluding carboxylic acids is 1. The maximum absolute atomic E-state index is 12.2. The Hall–Kier alpha value is -2.27. The molecule has 0 amide bonds. The molecule has 1 aromatic carbocycles. The number of phenolic OH excluding ortho intramolecular Hbond substituents is 2. The summed E-state index contributed by atoms with van der Waals surface area (Å²) in [5, 5.41) is 29.9. The number of aliphatic hydroxyl groups is 1. The van der Waals surface area contributed by atoms with Crippen LogP contribution in [0.5, 0.6) is 11.5 Å². The minimum absolute atomic E-state index is 0.0730. The van der Waals surface area contributed by atoms with Gasteiger partial charge in [-0.1, -0.05) is 13.0 Å². The van der Waals surface area contributed by atoms with E-state index in [9.17, 15) is 20.1 Å². The minimum Gasteiger partial charge on any atom is -0.507 e. The number of benzene rings is 1. The molecular formula is C15H14O5. The van der Waals surface area contributed by atoms with E-state index in [1.807, 2.05) is 0 Å². The van der Waals surface area contributed by atoms with Crippen molar-refractivity contribution in [1.82, 2.24) is 0 Å². The molecule has 0 unspecified atom stereocenters. The number of hydrogen-bond donors (Lipinski definition) is 3. The van der Waals surface area contributed by atoms with E-state index >= 15 is 0 Å². The van der Waals surface area contributed by atoms with E-state index in [2.05, 4.69) is 0 Å². The lowest BCUT2D eigenvalue weighted by Gasteiger charge is -2.23. The third kappa shape index (κ3) is 1.71. The number of ketones is 1. The van der Waals surface area contributed by atoms with Gasteiger partial charge in [-0.2, -0.15) is 0 Å². The summed E-state index contributed by atoms with van der Waals surface area (Å²) >= 11 is 0. The van der Waals surface area contributed by atoms with Crippen molar-refractivity contribution in [2.24, 2.45) is 5.92 Å². The van der Waals surface area contributed by atoms with Crippen LogP contribution in [-0.4, -0.2) is 21.1 Å². The summed E-state index contributed by atoms with van der Waals surface area (Å²) in [6, 6.07) is 4.29. The lowest BCUT2D eigenvalue weighted by Crippen LogP contribution is -2.22. The Morgan fingerprint density at radius 3 is 2.50 bits per heavy atom. The molecule has 20 heavy (non-hydrogen) atoms. The molecule has 5 nitrogen and oxygen atoms in total. The van der Waals surface area contributed by atoms with Crippen LogP contribution in [0.4, 0.5) is 0 Å². The van der Waals surface area contributed by atoms with Crippen molar-refractivity contribution in [1.29, 1.82) is 0 Å². The summed E-state index contributed by atoms with van der Waals surface area (Å²) in [6.45, 7) is 1.79. The van der Waals surface area contributed by atoms with Crippen molar-refractivity contribution in [3.05, 3.63) is 35.6 Å². The number of Topliss-reactive ketones (excluding diaryl/α,β-unsaturated/α-hetero) is 1. The van der Waals surface area contributed by atoms with Crippen LogP contribution in [0.15, 0.2) is 28.9 Å². The number of hydrogen-bond acceptors (Lipinski definition) is 5. The molecule has 0 saturated carbocycles. The molecule has 3 rings (SSSR count). The summed E-state index contributed by atoms with van der Waals surface area (Å²) in [4.78, 5) is 12.2. The summed E-state index contributed by atoms with van der Waals surface area (Å²) in [7, 11) is 0. The monoisotopic (exact) mass is 274 g/mol. The molecule has 1 aliphatic rings. The summed E-state index contributed by atoms with van der Waals surface area (Å²) in [6.07, 6.45) is 0.734. The van der Waals surface area contributed by atoms with Gasteiger partial charge < -0.3 is 19.7 Å². The number of rotatable bonds is 1. The first-order valence-electron chi connectivity index (χ1n) is 6.34. The molecule has 0 radical (unpaired) electrons. The van der Waals surface area contributed by atoms with E-state index in [0.717, 1.165) is 0 Å². The lowest BCUT2D eigenvalue weighted by molar-refractivity contribution is 0.0754. The Bertz CT molecular complexity index is 665. The molecule has 0 saturated heterocycles. The molecule has 0 bridgehead atoms. The largest absolute Gasteiger partial charge is 0.507 e. The van der Waals surface area contributed by atoms with Crippen LogP contribution in [-0.2, 0) is 0 Å². The molecule has 2 atom stereocenters. The average Bonchev–Trinajstić information content (AvgIpc) is 2.81. The number of phenols is 2. The van der Waals surface area contributed by atoms with E-state index in [1.54, 1.807) is 6.92 Å². The molecule has 1 aromatic heterocycles. The lowest BCUT2D eigenvalue weighted by atomic mass is 9.82. The number of furan rings is 1. The Labute approximate surface area is 115 Å². The van der Waals surface area contributed by atoms with Gasteiger partial charge in [0.05, 0.1) is 17.9 Å². The van der Waals surface area contributed by atoms with Gasteiger partial charge in [0.2, 0.25) is 0 Å². The second kappa shape index (κ2) is 4.38. The van der Waals surface area contributed by atoms with E-state index in [0.29, 0.717) is 5.56 Å². The Kier molecular flexibility index (Phi) is 2.79. The fraction of sp³-hybridized carbons (Fsp3) is 0.267. The zero-order chi connectivity index (χ0) is 14.4. The standard InChI is InChI=1S/C15H14O5/c1-7-5-11(18)12-8(14(7)19)6-20-15(12)13-9(16)3-2-4-10(13)17/h2-4,6-7,14,16-17,19H,5H2,1H3/t7-,14-/m1/s1. The van der Waals surface area contributed by atoms with Crippen molar-refractivity contribution >= 4 is 5.78 Å². The zero-order valence-corrected chi connectivity index (χ0v) is 10.8. The van der Waals surface area contributed by atoms with Crippen molar-refractivity contribution in [3.8, 4) is 22.8 Å². The van der Waals surface area contributed by atoms with E-state index < -0.39 is 6.10 Å². The summed E-state index contributed by atoms with van der Waals surface area (Å²) in [5.74, 6) is -0.597. The Balaban J connectivity index is 2.24. The molecule has 0 spiro atoms. The van der Waals surface area contributed by atoms with Gasteiger partial charge in [0, 0.05) is 12.0 Å². The summed E-state index contributed by atoms with van der Waals surface area (Å²) < 4.78 is 5.35. The van der Waals surface area contributed by atoms with Crippen LogP contribution in [0.1, 0.15) is 35.4 Å². The Morgan fingerprint density at radius 2 is 1.85 bits per heavy atom. The highest BCUT2D eigenvalue weighted by molar-refractivity contribution is 6.04. The quantitative estimate of drug-likeness (QED) is 0.743. The second-order valence-corrected chi connectivity index (χ2v) is 5.12. The second-order valence-electron chi connectivity index (χ2n) is 5.12. The maximum Gasteiger partial charge on any atom is 0.167 e. The van der Waals surface area contributed by atoms with Gasteiger partial charge in [0.25, 0.3) is 0 Å². The normalized spacial score (nSPS) is 21.8. The van der Waals surface area contributed by atoms with Gasteiger partial charge in [-0.05, 0) is 18.1 Å². The molecule has 0 aliphatic heterocycles. The fourth-order valence-corrected chi connectivity index (χ4v) is 2.63. The van der Waals surface area contributed by atoms with Crippen LogP contribution in [0.2, 0.25) is 0 Å². The van der Waals surface area contributed by atoms with E-state index in [4.69, 9.17) is 4.42 Å². The maximum atomic E-state index is 12.2. The van der Waals surface area contributed by atoms with Crippen LogP contribution in [0.25, 0.3) is 11.3 Å². The van der Waals surface area contributed by atoms with Crippen molar-refractivity contribution in [2.75, 3.05) is 0 Å². The molecule has 104 valence electrons. The topological polar surface area (TPSA) is 90.9 Å². The van der Waals surface area contributed by atoms with Crippen LogP contribution in [0, 0.1) is 5.92 Å². The number of carbonyl (C=O) groups is 1. The van der Waals surface area contributed by atoms with Gasteiger partial charge in [-0.3, -0.25) is 4.79 Å². The highest BCUT2D eigenvalue weighted by Crippen LogP contribution is 2.45. The molecule has 5 heteroatoms. The van der Waals surface area contributed by atoms with Gasteiger partial charge in [0.1, 0.15) is 17.1 Å². The van der Waals surface area contributed by atoms with Crippen molar-refractivity contribution in [2.45, 2.75) is 19.4 Å². The van der Waals surface area contributed by atoms with Crippen molar-refractivity contribution < 1.29 is 24.5 Å². The average molecular weight is 274 g/mol. The first-order valence-corrected chi connectivity index (χ1v) is 6.34. The Morgan fingerprint density at radius 1 is 1.20 bits per heavy atom. The number of aromatic hydroxyl groups is 2. The van der Waals surface area contributed by atoms with Crippen LogP contribution < -0.4 is 0 Å². The van der Waals surface area contributed by atoms with Gasteiger partial charge >= 0.3 is 0 Å². The third-order valence-electron chi connectivity index (χ3n) is 3.71. The fourth-order valence-electron chi connectivity index (χ4n) is 2.63. The molecule has 3 N–H and O–H groups in total. The van der Waals surface area contributed by atoms with Crippen LogP contribution >= 0.6 is 0 Å². The molecule has 1 aliphatic carbocycles. The number of fused-ring (bicyclic) bond motifs is 1. The zero-order valence-electron chi connectivity index (χ0n) is 10.8. The molecular weight excluding hydrogens is 260 g/mol. The first kappa shape index (κ1) is 12.7. The molecule has 1 heterocycles. The van der Waals surface area contributed by atoms with Gasteiger partial charge in [-0.15, -0.1) is 0 Å². The smallest absolute Gasteiger partial charge is 0.167 e. The van der Waals surface area contributed by atoms with Gasteiger partial charge in [0.15, 0.2) is 11.5 Å². The van der Waals surface area contributed by atoms with Gasteiger partial charge in [-0.25, -0.2) is 0 Å².